The zero-order valence-corrected chi connectivity index (χ0v) is 11.1. The molecule has 0 radical (unpaired) electrons. The van der Waals surface area contributed by atoms with Crippen molar-refractivity contribution in [2.45, 2.75) is 37.0 Å². The van der Waals surface area contributed by atoms with Crippen LogP contribution >= 0.6 is 11.8 Å². The second-order valence-electron chi connectivity index (χ2n) is 4.83. The predicted octanol–water partition coefficient (Wildman–Crippen LogP) is 2.21. The number of thioether (sulfide) groups is 1. The van der Waals surface area contributed by atoms with E-state index in [1.54, 1.807) is 12.4 Å². The Bertz CT molecular complexity index is 451. The van der Waals surface area contributed by atoms with Gasteiger partial charge in [0.1, 0.15) is 11.9 Å². The number of rotatable bonds is 1. The summed E-state index contributed by atoms with van der Waals surface area (Å²) in [6.45, 7) is 1.05. The molecule has 1 aromatic rings. The van der Waals surface area contributed by atoms with Gasteiger partial charge in [0.2, 0.25) is 0 Å². The highest BCUT2D eigenvalue weighted by atomic mass is 32.2. The number of hydrogen-bond donors (Lipinski definition) is 0. The summed E-state index contributed by atoms with van der Waals surface area (Å²) in [5.74, 6) is 2.11. The van der Waals surface area contributed by atoms with Gasteiger partial charge in [0, 0.05) is 23.6 Å². The molecule has 1 saturated carbocycles. The third-order valence-corrected chi connectivity index (χ3v) is 5.18. The Labute approximate surface area is 111 Å². The Morgan fingerprint density at radius 1 is 1.28 bits per heavy atom. The van der Waals surface area contributed by atoms with E-state index in [1.807, 2.05) is 6.07 Å². The second-order valence-corrected chi connectivity index (χ2v) is 6.17. The quantitative estimate of drug-likeness (QED) is 0.775. The van der Waals surface area contributed by atoms with Crippen LogP contribution in [0.4, 0.5) is 5.82 Å². The summed E-state index contributed by atoms with van der Waals surface area (Å²) in [6.07, 6.45) is 8.60. The maximum atomic E-state index is 8.76. The second kappa shape index (κ2) is 5.15. The molecule has 2 atom stereocenters. The van der Waals surface area contributed by atoms with Crippen molar-refractivity contribution in [3.63, 3.8) is 0 Å². The molecule has 4 nitrogen and oxygen atoms in total. The lowest BCUT2D eigenvalue weighted by molar-refractivity contribution is 0.420. The topological polar surface area (TPSA) is 52.8 Å². The SMILES string of the molecule is N#Cc1cnc(N2CCSC3CCCCC32)cn1. The fourth-order valence-corrected chi connectivity index (χ4v) is 4.35. The van der Waals surface area contributed by atoms with Gasteiger partial charge in [-0.15, -0.1) is 0 Å². The lowest BCUT2D eigenvalue weighted by atomic mass is 9.93. The molecule has 1 aliphatic heterocycles. The normalized spacial score (nSPS) is 27.4. The van der Waals surface area contributed by atoms with Crippen LogP contribution in [-0.4, -0.2) is 33.6 Å². The molecule has 0 spiro atoms. The Hall–Kier alpha value is -1.28. The van der Waals surface area contributed by atoms with Gasteiger partial charge in [-0.05, 0) is 12.8 Å². The summed E-state index contributed by atoms with van der Waals surface area (Å²) in [5.41, 5.74) is 0.394. The van der Waals surface area contributed by atoms with Gasteiger partial charge in [-0.25, -0.2) is 9.97 Å². The number of anilines is 1. The van der Waals surface area contributed by atoms with E-state index in [0.29, 0.717) is 11.7 Å². The molecule has 1 aromatic heterocycles. The van der Waals surface area contributed by atoms with Crippen molar-refractivity contribution in [2.75, 3.05) is 17.2 Å². The molecule has 2 heterocycles. The number of nitrogens with zero attached hydrogens (tertiary/aromatic N) is 4. The minimum atomic E-state index is 0.394. The molecule has 0 bridgehead atoms. The highest BCUT2D eigenvalue weighted by Crippen LogP contribution is 2.36. The van der Waals surface area contributed by atoms with Crippen molar-refractivity contribution in [3.05, 3.63) is 18.1 Å². The van der Waals surface area contributed by atoms with Crippen LogP contribution in [0.15, 0.2) is 12.4 Å². The summed E-state index contributed by atoms with van der Waals surface area (Å²) in [6, 6.07) is 2.63. The lowest BCUT2D eigenvalue weighted by Crippen LogP contribution is -2.49. The molecular formula is C13H16N4S. The Morgan fingerprint density at radius 2 is 2.17 bits per heavy atom. The number of hydrogen-bond acceptors (Lipinski definition) is 5. The van der Waals surface area contributed by atoms with Crippen LogP contribution in [0, 0.1) is 11.3 Å². The van der Waals surface area contributed by atoms with Crippen LogP contribution in [0.5, 0.6) is 0 Å². The van der Waals surface area contributed by atoms with Gasteiger partial charge in [0.25, 0.3) is 0 Å². The molecule has 1 saturated heterocycles. The third kappa shape index (κ3) is 2.17. The van der Waals surface area contributed by atoms with Crippen molar-refractivity contribution in [1.29, 1.82) is 5.26 Å². The first-order chi connectivity index (χ1) is 8.88. The van der Waals surface area contributed by atoms with E-state index in [1.165, 1.54) is 31.4 Å². The highest BCUT2D eigenvalue weighted by Gasteiger charge is 2.34. The Kier molecular flexibility index (Phi) is 3.37. The van der Waals surface area contributed by atoms with Gasteiger partial charge in [-0.2, -0.15) is 17.0 Å². The molecule has 2 aliphatic rings. The Morgan fingerprint density at radius 3 is 2.94 bits per heavy atom. The van der Waals surface area contributed by atoms with Crippen molar-refractivity contribution in [1.82, 2.24) is 9.97 Å². The molecule has 2 fully saturated rings. The molecular weight excluding hydrogens is 244 g/mol. The van der Waals surface area contributed by atoms with E-state index >= 15 is 0 Å². The van der Waals surface area contributed by atoms with Crippen LogP contribution in [0.1, 0.15) is 31.4 Å². The van der Waals surface area contributed by atoms with E-state index in [2.05, 4.69) is 26.6 Å². The molecule has 2 unspecified atom stereocenters. The fraction of sp³-hybridized carbons (Fsp3) is 0.615. The van der Waals surface area contributed by atoms with E-state index in [0.717, 1.165) is 17.6 Å². The number of fused-ring (bicyclic) bond motifs is 1. The standard InChI is InChI=1S/C13H16N4S/c14-7-10-8-16-13(9-15-10)17-5-6-18-12-4-2-1-3-11(12)17/h8-9,11-12H,1-6H2. The van der Waals surface area contributed by atoms with Gasteiger partial charge >= 0.3 is 0 Å². The van der Waals surface area contributed by atoms with Gasteiger partial charge in [0.05, 0.1) is 12.4 Å². The largest absolute Gasteiger partial charge is 0.350 e. The maximum absolute atomic E-state index is 8.76. The first-order valence-electron chi connectivity index (χ1n) is 6.49. The van der Waals surface area contributed by atoms with Gasteiger partial charge < -0.3 is 4.90 Å². The maximum Gasteiger partial charge on any atom is 0.158 e. The molecule has 1 aliphatic carbocycles. The first-order valence-corrected chi connectivity index (χ1v) is 7.54. The summed E-state index contributed by atoms with van der Waals surface area (Å²) in [5, 5.41) is 9.51. The molecule has 94 valence electrons. The average Bonchev–Trinajstić information content (AvgIpc) is 2.47. The number of nitriles is 1. The summed E-state index contributed by atoms with van der Waals surface area (Å²) >= 11 is 2.11. The predicted molar refractivity (Wildman–Crippen MR) is 72.6 cm³/mol. The fourth-order valence-electron chi connectivity index (χ4n) is 2.91. The van der Waals surface area contributed by atoms with Gasteiger partial charge in [-0.3, -0.25) is 0 Å². The van der Waals surface area contributed by atoms with E-state index in [4.69, 9.17) is 5.26 Å². The van der Waals surface area contributed by atoms with E-state index in [-0.39, 0.29) is 0 Å². The summed E-state index contributed by atoms with van der Waals surface area (Å²) < 4.78 is 0. The van der Waals surface area contributed by atoms with Crippen LogP contribution in [-0.2, 0) is 0 Å². The van der Waals surface area contributed by atoms with Crippen molar-refractivity contribution < 1.29 is 0 Å². The molecule has 0 N–H and O–H groups in total. The zero-order chi connectivity index (χ0) is 12.4. The smallest absolute Gasteiger partial charge is 0.158 e. The molecule has 5 heteroatoms. The Balaban J connectivity index is 1.82. The van der Waals surface area contributed by atoms with E-state index in [9.17, 15) is 0 Å². The minimum Gasteiger partial charge on any atom is -0.350 e. The lowest BCUT2D eigenvalue weighted by Gasteiger charge is -2.44. The monoisotopic (exact) mass is 260 g/mol. The zero-order valence-electron chi connectivity index (χ0n) is 10.2. The van der Waals surface area contributed by atoms with Gasteiger partial charge in [0.15, 0.2) is 5.69 Å². The molecule has 0 aromatic carbocycles. The average molecular weight is 260 g/mol. The minimum absolute atomic E-state index is 0.394. The molecule has 18 heavy (non-hydrogen) atoms. The summed E-state index contributed by atoms with van der Waals surface area (Å²) in [7, 11) is 0. The molecule has 3 rings (SSSR count). The van der Waals surface area contributed by atoms with Crippen LogP contribution in [0.2, 0.25) is 0 Å². The third-order valence-electron chi connectivity index (χ3n) is 3.78. The molecule has 0 amide bonds. The van der Waals surface area contributed by atoms with Gasteiger partial charge in [-0.1, -0.05) is 12.8 Å². The van der Waals surface area contributed by atoms with Crippen LogP contribution in [0.3, 0.4) is 0 Å². The highest BCUT2D eigenvalue weighted by molar-refractivity contribution is 8.00. The first kappa shape index (κ1) is 11.8. The van der Waals surface area contributed by atoms with E-state index < -0.39 is 0 Å². The van der Waals surface area contributed by atoms with Crippen LogP contribution < -0.4 is 4.90 Å². The van der Waals surface area contributed by atoms with Crippen molar-refractivity contribution >= 4 is 17.6 Å². The number of aromatic nitrogens is 2. The summed E-state index contributed by atoms with van der Waals surface area (Å²) in [4.78, 5) is 10.9. The van der Waals surface area contributed by atoms with Crippen molar-refractivity contribution in [3.8, 4) is 6.07 Å². The van der Waals surface area contributed by atoms with Crippen molar-refractivity contribution in [2.24, 2.45) is 0 Å². The van der Waals surface area contributed by atoms with Crippen LogP contribution in [0.25, 0.3) is 0 Å².